The van der Waals surface area contributed by atoms with Crippen LogP contribution in [-0.2, 0) is 12.8 Å². The molecular formula is C17H24N2O7. The third-order valence-electron chi connectivity index (χ3n) is 2.95. The number of phenolic OH excluding ortho intramolecular Hbond substituents is 4. The summed E-state index contributed by atoms with van der Waals surface area (Å²) in [7, 11) is 0. The zero-order valence-corrected chi connectivity index (χ0v) is 14.0. The normalized spacial score (nSPS) is 9.31. The number of benzene rings is 2. The van der Waals surface area contributed by atoms with Gasteiger partial charge in [0, 0.05) is 0 Å². The van der Waals surface area contributed by atoms with Crippen molar-refractivity contribution in [2.24, 2.45) is 11.5 Å². The van der Waals surface area contributed by atoms with E-state index in [9.17, 15) is 0 Å². The fraction of sp³-hybridized carbons (Fsp3) is 0.235. The van der Waals surface area contributed by atoms with Gasteiger partial charge in [-0.15, -0.1) is 0 Å². The number of phenols is 4. The SMILES string of the molecule is NCCc1ccc(O)c(O)c1.NCCc1ccc(O)c(O)c1.O=C(O)O. The van der Waals surface area contributed by atoms with E-state index in [2.05, 4.69) is 0 Å². The van der Waals surface area contributed by atoms with Gasteiger partial charge in [-0.25, -0.2) is 4.79 Å². The van der Waals surface area contributed by atoms with Crippen LogP contribution in [0, 0.1) is 0 Å². The van der Waals surface area contributed by atoms with Gasteiger partial charge in [0.25, 0.3) is 0 Å². The van der Waals surface area contributed by atoms with Crippen molar-refractivity contribution >= 4 is 6.16 Å². The molecule has 0 spiro atoms. The smallest absolute Gasteiger partial charge is 0.503 e. The summed E-state index contributed by atoms with van der Waals surface area (Å²) < 4.78 is 0. The van der Waals surface area contributed by atoms with Crippen molar-refractivity contribution in [3.05, 3.63) is 47.5 Å². The molecule has 2 aromatic carbocycles. The second-order valence-corrected chi connectivity index (χ2v) is 5.01. The number of hydrogen-bond donors (Lipinski definition) is 8. The second-order valence-electron chi connectivity index (χ2n) is 5.01. The summed E-state index contributed by atoms with van der Waals surface area (Å²) in [6.45, 7) is 1.09. The Kier molecular flexibility index (Phi) is 10.7. The Bertz CT molecular complexity index is 635. The van der Waals surface area contributed by atoms with E-state index in [1.54, 1.807) is 12.1 Å². The highest BCUT2D eigenvalue weighted by Gasteiger charge is 1.99. The van der Waals surface area contributed by atoms with Crippen LogP contribution < -0.4 is 11.5 Å². The largest absolute Gasteiger partial charge is 0.504 e. The second kappa shape index (κ2) is 12.2. The fourth-order valence-electron chi connectivity index (χ4n) is 1.78. The molecule has 0 aromatic heterocycles. The number of nitrogens with two attached hydrogens (primary N) is 2. The highest BCUT2D eigenvalue weighted by Crippen LogP contribution is 2.25. The van der Waals surface area contributed by atoms with E-state index in [0.717, 1.165) is 11.1 Å². The van der Waals surface area contributed by atoms with Crippen molar-refractivity contribution in [2.75, 3.05) is 13.1 Å². The Morgan fingerprint density at radius 3 is 1.23 bits per heavy atom. The van der Waals surface area contributed by atoms with Gasteiger partial charge in [-0.05, 0) is 61.3 Å². The van der Waals surface area contributed by atoms with Gasteiger partial charge in [0.2, 0.25) is 0 Å². The standard InChI is InChI=1S/2C8H11NO2.CH2O3/c2*9-4-3-6-1-2-7(10)8(11)5-6;2-1(3)4/h2*1-2,5,10-11H,3-4,9H2;(H2,2,3,4). The average Bonchev–Trinajstić information content (AvgIpc) is 2.55. The lowest BCUT2D eigenvalue weighted by atomic mass is 10.1. The summed E-state index contributed by atoms with van der Waals surface area (Å²) in [6, 6.07) is 9.43. The lowest BCUT2D eigenvalue weighted by Gasteiger charge is -2.00. The van der Waals surface area contributed by atoms with Crippen molar-refractivity contribution in [1.82, 2.24) is 0 Å². The average molecular weight is 368 g/mol. The number of carbonyl (C=O) groups is 1. The minimum Gasteiger partial charge on any atom is -0.504 e. The van der Waals surface area contributed by atoms with E-state index < -0.39 is 6.16 Å². The van der Waals surface area contributed by atoms with Crippen LogP contribution >= 0.6 is 0 Å². The summed E-state index contributed by atoms with van der Waals surface area (Å²) in [5.74, 6) is -0.358. The molecule has 0 saturated heterocycles. The molecule has 144 valence electrons. The molecule has 0 atom stereocenters. The molecule has 0 aliphatic rings. The maximum absolute atomic E-state index is 9.04. The lowest BCUT2D eigenvalue weighted by molar-refractivity contribution is 0.137. The monoisotopic (exact) mass is 368 g/mol. The van der Waals surface area contributed by atoms with E-state index in [1.165, 1.54) is 24.3 Å². The van der Waals surface area contributed by atoms with Gasteiger partial charge in [0.05, 0.1) is 0 Å². The molecule has 0 heterocycles. The van der Waals surface area contributed by atoms with Crippen LogP contribution in [0.3, 0.4) is 0 Å². The first-order valence-electron chi connectivity index (χ1n) is 7.55. The highest BCUT2D eigenvalue weighted by molar-refractivity contribution is 5.53. The molecule has 10 N–H and O–H groups in total. The third kappa shape index (κ3) is 9.85. The first-order valence-corrected chi connectivity index (χ1v) is 7.55. The van der Waals surface area contributed by atoms with Crippen molar-refractivity contribution in [3.63, 3.8) is 0 Å². The van der Waals surface area contributed by atoms with Gasteiger partial charge in [-0.1, -0.05) is 12.1 Å². The molecule has 9 heteroatoms. The Morgan fingerprint density at radius 2 is 1.00 bits per heavy atom. The molecule has 2 aromatic rings. The van der Waals surface area contributed by atoms with Gasteiger partial charge < -0.3 is 42.1 Å². The van der Waals surface area contributed by atoms with Gasteiger partial charge in [-0.3, -0.25) is 0 Å². The Hall–Kier alpha value is -3.17. The predicted octanol–water partition coefficient (Wildman–Crippen LogP) is 1.42. The maximum atomic E-state index is 9.04. The van der Waals surface area contributed by atoms with Crippen molar-refractivity contribution < 1.29 is 35.4 Å². The predicted molar refractivity (Wildman–Crippen MR) is 95.7 cm³/mol. The Labute approximate surface area is 150 Å². The molecule has 0 bridgehead atoms. The van der Waals surface area contributed by atoms with Gasteiger partial charge in [-0.2, -0.15) is 0 Å². The molecular weight excluding hydrogens is 344 g/mol. The zero-order valence-electron chi connectivity index (χ0n) is 14.0. The van der Waals surface area contributed by atoms with E-state index in [0.29, 0.717) is 25.9 Å². The van der Waals surface area contributed by atoms with Crippen LogP contribution in [0.2, 0.25) is 0 Å². The molecule has 0 amide bonds. The molecule has 2 rings (SSSR count). The van der Waals surface area contributed by atoms with Crippen LogP contribution in [0.1, 0.15) is 11.1 Å². The van der Waals surface area contributed by atoms with E-state index in [1.807, 2.05) is 0 Å². The molecule has 0 saturated carbocycles. The van der Waals surface area contributed by atoms with Gasteiger partial charge in [0.1, 0.15) is 0 Å². The van der Waals surface area contributed by atoms with E-state index in [-0.39, 0.29) is 23.0 Å². The van der Waals surface area contributed by atoms with E-state index >= 15 is 0 Å². The van der Waals surface area contributed by atoms with Crippen LogP contribution in [0.5, 0.6) is 23.0 Å². The number of rotatable bonds is 4. The molecule has 9 nitrogen and oxygen atoms in total. The molecule has 0 aliphatic carbocycles. The highest BCUT2D eigenvalue weighted by atomic mass is 16.6. The number of carboxylic acid groups (broad SMARTS) is 2. The van der Waals surface area contributed by atoms with Crippen LogP contribution in [0.4, 0.5) is 4.79 Å². The molecule has 0 radical (unpaired) electrons. The molecule has 0 fully saturated rings. The lowest BCUT2D eigenvalue weighted by Crippen LogP contribution is -2.02. The summed E-state index contributed by atoms with van der Waals surface area (Å²) in [5, 5.41) is 49.9. The molecule has 0 unspecified atom stereocenters. The first kappa shape index (κ1) is 22.8. The molecule has 26 heavy (non-hydrogen) atoms. The van der Waals surface area contributed by atoms with Crippen molar-refractivity contribution in [3.8, 4) is 23.0 Å². The topological polar surface area (TPSA) is 190 Å². The van der Waals surface area contributed by atoms with E-state index in [4.69, 9.17) is 46.9 Å². The number of hydrogen-bond acceptors (Lipinski definition) is 7. The van der Waals surface area contributed by atoms with Crippen molar-refractivity contribution in [2.45, 2.75) is 12.8 Å². The summed E-state index contributed by atoms with van der Waals surface area (Å²) in [5.41, 5.74) is 12.5. The first-order chi connectivity index (χ1) is 12.2. The van der Waals surface area contributed by atoms with Crippen LogP contribution in [-0.4, -0.2) is 49.9 Å². The third-order valence-corrected chi connectivity index (χ3v) is 2.95. The Morgan fingerprint density at radius 1 is 0.692 bits per heavy atom. The summed E-state index contributed by atoms with van der Waals surface area (Å²) >= 11 is 0. The van der Waals surface area contributed by atoms with Gasteiger partial charge in [0.15, 0.2) is 23.0 Å². The summed E-state index contributed by atoms with van der Waals surface area (Å²) in [6.07, 6.45) is -0.401. The van der Waals surface area contributed by atoms with Crippen LogP contribution in [0.15, 0.2) is 36.4 Å². The Balaban J connectivity index is 0.000000401. The molecule has 0 aliphatic heterocycles. The maximum Gasteiger partial charge on any atom is 0.503 e. The number of aromatic hydroxyl groups is 4. The van der Waals surface area contributed by atoms with Crippen LogP contribution in [0.25, 0.3) is 0 Å². The zero-order chi connectivity index (χ0) is 20.1. The fourth-order valence-corrected chi connectivity index (χ4v) is 1.78. The summed E-state index contributed by atoms with van der Waals surface area (Å²) in [4.78, 5) is 8.56. The van der Waals surface area contributed by atoms with Gasteiger partial charge >= 0.3 is 6.16 Å². The quantitative estimate of drug-likeness (QED) is 0.369. The minimum absolute atomic E-state index is 0.0871. The minimum atomic E-state index is -1.83. The van der Waals surface area contributed by atoms with Crippen molar-refractivity contribution in [1.29, 1.82) is 0 Å².